The van der Waals surface area contributed by atoms with Crippen molar-refractivity contribution in [1.29, 1.82) is 0 Å². The highest BCUT2D eigenvalue weighted by atomic mass is 32.1. The molecule has 46 heavy (non-hydrogen) atoms. The van der Waals surface area contributed by atoms with Gasteiger partial charge in [-0.05, 0) is 53.9 Å². The first kappa shape index (κ1) is 25.4. The summed E-state index contributed by atoms with van der Waals surface area (Å²) < 4.78 is 5.09. The molecule has 214 valence electrons. The molecule has 0 N–H and O–H groups in total. The largest absolute Gasteiger partial charge is 0.309 e. The van der Waals surface area contributed by atoms with E-state index in [4.69, 9.17) is 9.97 Å². The third-order valence-corrected chi connectivity index (χ3v) is 10.2. The van der Waals surface area contributed by atoms with Crippen molar-refractivity contribution in [2.75, 3.05) is 0 Å². The third-order valence-electron chi connectivity index (χ3n) is 9.03. The zero-order valence-electron chi connectivity index (χ0n) is 24.6. The second-order valence-electron chi connectivity index (χ2n) is 11.6. The summed E-state index contributed by atoms with van der Waals surface area (Å²) in [6, 6.07) is 49.3. The molecule has 0 saturated heterocycles. The van der Waals surface area contributed by atoms with Gasteiger partial charge in [-0.3, -0.25) is 4.98 Å². The van der Waals surface area contributed by atoms with Crippen molar-refractivity contribution in [3.05, 3.63) is 146 Å². The van der Waals surface area contributed by atoms with Gasteiger partial charge in [-0.15, -0.1) is 11.3 Å². The molecule has 0 aliphatic carbocycles. The Morgan fingerprint density at radius 1 is 0.522 bits per heavy atom. The molecular weight excluding hydrogens is 581 g/mol. The van der Waals surface area contributed by atoms with E-state index in [1.807, 2.05) is 41.7 Å². The molecule has 10 rings (SSSR count). The molecule has 0 bridgehead atoms. The van der Waals surface area contributed by atoms with Crippen molar-refractivity contribution in [2.45, 2.75) is 0 Å². The Labute approximate surface area is 267 Å². The van der Waals surface area contributed by atoms with Crippen LogP contribution in [0.3, 0.4) is 0 Å². The average Bonchev–Trinajstić information content (AvgIpc) is 3.69. The van der Waals surface area contributed by atoms with Gasteiger partial charge in [0.15, 0.2) is 5.82 Å². The lowest BCUT2D eigenvalue weighted by atomic mass is 10.00. The highest BCUT2D eigenvalue weighted by Gasteiger charge is 2.21. The van der Waals surface area contributed by atoms with E-state index in [0.717, 1.165) is 33.5 Å². The predicted octanol–water partition coefficient (Wildman–Crippen LogP) is 11.0. The number of rotatable bonds is 3. The van der Waals surface area contributed by atoms with Crippen LogP contribution in [-0.2, 0) is 0 Å². The Bertz CT molecular complexity index is 2790. The van der Waals surface area contributed by atoms with Crippen LogP contribution >= 0.6 is 11.3 Å². The summed E-state index contributed by atoms with van der Waals surface area (Å²) in [5.41, 5.74) is 8.00. The first-order chi connectivity index (χ1) is 22.8. The Balaban J connectivity index is 1.23. The number of aromatic nitrogens is 4. The van der Waals surface area contributed by atoms with Gasteiger partial charge in [0, 0.05) is 59.3 Å². The summed E-state index contributed by atoms with van der Waals surface area (Å²) in [5.74, 6) is 0.686. The van der Waals surface area contributed by atoms with E-state index in [0.29, 0.717) is 5.82 Å². The lowest BCUT2D eigenvalue weighted by Crippen LogP contribution is -1.98. The summed E-state index contributed by atoms with van der Waals surface area (Å²) in [7, 11) is 0. The maximum atomic E-state index is 5.05. The van der Waals surface area contributed by atoms with Gasteiger partial charge in [0.1, 0.15) is 11.2 Å². The lowest BCUT2D eigenvalue weighted by Gasteiger charge is -2.12. The molecule has 0 saturated carbocycles. The second kappa shape index (κ2) is 9.80. The fraction of sp³-hybridized carbons (Fsp3) is 0. The van der Waals surface area contributed by atoms with Crippen molar-refractivity contribution < 1.29 is 0 Å². The smallest absolute Gasteiger partial charge is 0.160 e. The van der Waals surface area contributed by atoms with Gasteiger partial charge >= 0.3 is 0 Å². The fourth-order valence-corrected chi connectivity index (χ4v) is 8.32. The van der Waals surface area contributed by atoms with Crippen LogP contribution < -0.4 is 0 Å². The number of thiophene rings is 1. The minimum Gasteiger partial charge on any atom is -0.309 e. The van der Waals surface area contributed by atoms with E-state index < -0.39 is 0 Å². The topological polar surface area (TPSA) is 43.6 Å². The molecule has 10 aromatic rings. The van der Waals surface area contributed by atoms with Crippen LogP contribution in [-0.4, -0.2) is 19.5 Å². The van der Waals surface area contributed by atoms with Crippen LogP contribution in [0.15, 0.2) is 146 Å². The molecule has 0 unspecified atom stereocenters. The minimum absolute atomic E-state index is 0.686. The quantitative estimate of drug-likeness (QED) is 0.201. The summed E-state index contributed by atoms with van der Waals surface area (Å²) in [6.45, 7) is 0. The molecular formula is C41H24N4S. The molecule has 0 atom stereocenters. The maximum Gasteiger partial charge on any atom is 0.160 e. The molecule has 6 aromatic carbocycles. The standard InChI is InChI=1S/C41H24N4S/c1-2-11-25(12-3-1)37-38-32(17-10-24-42-38)43-41(44-37)26-20-22-27(23-21-26)45-33-18-8-6-15-30(33)36-39(45)29-14-5-4-13-28(29)35-31-16-7-9-19-34(31)46-40(35)36/h1-24H. The molecule has 0 fully saturated rings. The first-order valence-electron chi connectivity index (χ1n) is 15.4. The Morgan fingerprint density at radius 3 is 2.09 bits per heavy atom. The summed E-state index contributed by atoms with van der Waals surface area (Å²) in [5, 5.41) is 7.79. The van der Waals surface area contributed by atoms with Gasteiger partial charge in [0.25, 0.3) is 0 Å². The Hall–Kier alpha value is -5.91. The van der Waals surface area contributed by atoms with Crippen LogP contribution in [0.5, 0.6) is 0 Å². The zero-order chi connectivity index (χ0) is 30.2. The molecule has 5 heteroatoms. The minimum atomic E-state index is 0.686. The van der Waals surface area contributed by atoms with Gasteiger partial charge in [-0.1, -0.05) is 91.0 Å². The van der Waals surface area contributed by atoms with Crippen molar-refractivity contribution in [1.82, 2.24) is 19.5 Å². The van der Waals surface area contributed by atoms with Crippen molar-refractivity contribution in [2.24, 2.45) is 0 Å². The third kappa shape index (κ3) is 3.63. The van der Waals surface area contributed by atoms with Gasteiger partial charge in [-0.2, -0.15) is 0 Å². The number of fused-ring (bicyclic) bond motifs is 11. The maximum absolute atomic E-state index is 5.05. The van der Waals surface area contributed by atoms with E-state index >= 15 is 0 Å². The fourth-order valence-electron chi connectivity index (χ4n) is 7.04. The molecule has 0 amide bonds. The molecule has 0 aliphatic rings. The van der Waals surface area contributed by atoms with E-state index in [-0.39, 0.29) is 0 Å². The van der Waals surface area contributed by atoms with Gasteiger partial charge < -0.3 is 4.57 Å². The molecule has 0 spiro atoms. The van der Waals surface area contributed by atoms with Gasteiger partial charge in [0.05, 0.1) is 16.6 Å². The summed E-state index contributed by atoms with van der Waals surface area (Å²) in [6.07, 6.45) is 1.80. The highest BCUT2D eigenvalue weighted by Crippen LogP contribution is 2.47. The second-order valence-corrected chi connectivity index (χ2v) is 12.7. The zero-order valence-corrected chi connectivity index (χ0v) is 25.4. The predicted molar refractivity (Wildman–Crippen MR) is 193 cm³/mol. The molecule has 4 nitrogen and oxygen atoms in total. The number of hydrogen-bond acceptors (Lipinski definition) is 4. The van der Waals surface area contributed by atoms with Crippen LogP contribution in [0.25, 0.3) is 92.1 Å². The Morgan fingerprint density at radius 2 is 1.24 bits per heavy atom. The SMILES string of the molecule is c1ccc(-c2nc(-c3ccc(-n4c5ccccc5c5c6sc7ccccc7c6c6ccccc6c54)cc3)nc3cccnc23)cc1. The van der Waals surface area contributed by atoms with Crippen LogP contribution in [0, 0.1) is 0 Å². The van der Waals surface area contributed by atoms with E-state index in [9.17, 15) is 0 Å². The first-order valence-corrected chi connectivity index (χ1v) is 16.2. The van der Waals surface area contributed by atoms with Crippen molar-refractivity contribution in [3.8, 4) is 28.3 Å². The number of benzene rings is 6. The van der Waals surface area contributed by atoms with Gasteiger partial charge in [0.2, 0.25) is 0 Å². The van der Waals surface area contributed by atoms with E-state index in [1.165, 1.54) is 52.8 Å². The average molecular weight is 605 g/mol. The van der Waals surface area contributed by atoms with Crippen LogP contribution in [0.1, 0.15) is 0 Å². The van der Waals surface area contributed by atoms with E-state index in [2.05, 4.69) is 119 Å². The molecule has 4 aromatic heterocycles. The summed E-state index contributed by atoms with van der Waals surface area (Å²) >= 11 is 1.89. The number of pyridine rings is 1. The van der Waals surface area contributed by atoms with E-state index in [1.54, 1.807) is 6.20 Å². The lowest BCUT2D eigenvalue weighted by molar-refractivity contribution is 1.18. The normalized spacial score (nSPS) is 11.9. The number of nitrogens with zero attached hydrogens (tertiary/aromatic N) is 4. The number of hydrogen-bond donors (Lipinski definition) is 0. The molecule has 4 heterocycles. The monoisotopic (exact) mass is 604 g/mol. The Kier molecular flexibility index (Phi) is 5.41. The molecule has 0 aliphatic heterocycles. The van der Waals surface area contributed by atoms with Gasteiger partial charge in [-0.25, -0.2) is 9.97 Å². The van der Waals surface area contributed by atoms with Crippen molar-refractivity contribution in [3.63, 3.8) is 0 Å². The number of para-hydroxylation sites is 1. The van der Waals surface area contributed by atoms with Crippen LogP contribution in [0.2, 0.25) is 0 Å². The highest BCUT2D eigenvalue weighted by molar-refractivity contribution is 7.27. The van der Waals surface area contributed by atoms with Crippen molar-refractivity contribution >= 4 is 75.1 Å². The summed E-state index contributed by atoms with van der Waals surface area (Å²) in [4.78, 5) is 14.6. The molecule has 0 radical (unpaired) electrons. The van der Waals surface area contributed by atoms with Crippen LogP contribution in [0.4, 0.5) is 0 Å².